The Bertz CT molecular complexity index is 842. The van der Waals surface area contributed by atoms with E-state index in [0.717, 1.165) is 18.5 Å². The van der Waals surface area contributed by atoms with Gasteiger partial charge >= 0.3 is 0 Å². The van der Waals surface area contributed by atoms with Crippen molar-refractivity contribution in [3.05, 3.63) is 39.6 Å². The van der Waals surface area contributed by atoms with Gasteiger partial charge in [0.05, 0.1) is 16.4 Å². The van der Waals surface area contributed by atoms with E-state index in [1.165, 1.54) is 12.1 Å². The molecule has 5 nitrogen and oxygen atoms in total. The molecule has 1 aliphatic rings. The molecule has 8 heteroatoms. The van der Waals surface area contributed by atoms with Gasteiger partial charge in [0.15, 0.2) is 0 Å². The van der Waals surface area contributed by atoms with Crippen LogP contribution in [0.15, 0.2) is 23.2 Å². The van der Waals surface area contributed by atoms with Crippen molar-refractivity contribution in [3.63, 3.8) is 0 Å². The van der Waals surface area contributed by atoms with Gasteiger partial charge in [0.1, 0.15) is 4.90 Å². The number of rotatable bonds is 4. The van der Waals surface area contributed by atoms with Gasteiger partial charge in [-0.15, -0.1) is 0 Å². The Labute approximate surface area is 139 Å². The quantitative estimate of drug-likeness (QED) is 0.904. The lowest BCUT2D eigenvalue weighted by molar-refractivity contribution is 0.601. The largest absolute Gasteiger partial charge is 0.276 e. The highest BCUT2D eigenvalue weighted by molar-refractivity contribution is 7.92. The summed E-state index contributed by atoms with van der Waals surface area (Å²) < 4.78 is 29.4. The van der Waals surface area contributed by atoms with Crippen LogP contribution in [0.25, 0.3) is 0 Å². The fourth-order valence-electron chi connectivity index (χ4n) is 2.28. The van der Waals surface area contributed by atoms with Gasteiger partial charge in [0.25, 0.3) is 10.0 Å². The minimum absolute atomic E-state index is 0.0154. The van der Waals surface area contributed by atoms with Crippen molar-refractivity contribution in [2.45, 2.75) is 30.6 Å². The van der Waals surface area contributed by atoms with Gasteiger partial charge in [-0.1, -0.05) is 23.2 Å². The van der Waals surface area contributed by atoms with Crippen LogP contribution in [-0.2, 0) is 17.1 Å². The first-order valence-electron chi connectivity index (χ1n) is 6.80. The van der Waals surface area contributed by atoms with Gasteiger partial charge < -0.3 is 0 Å². The molecule has 1 heterocycles. The summed E-state index contributed by atoms with van der Waals surface area (Å²) in [5.74, 6) is 0.335. The van der Waals surface area contributed by atoms with Gasteiger partial charge in [0, 0.05) is 24.2 Å². The topological polar surface area (TPSA) is 64.0 Å². The normalized spacial score (nSPS) is 15.1. The van der Waals surface area contributed by atoms with Crippen molar-refractivity contribution in [1.29, 1.82) is 0 Å². The summed E-state index contributed by atoms with van der Waals surface area (Å²) in [5, 5.41) is 4.87. The third-order valence-corrected chi connectivity index (χ3v) is 5.81. The number of halogens is 2. The van der Waals surface area contributed by atoms with Crippen LogP contribution in [0.2, 0.25) is 10.0 Å². The third kappa shape index (κ3) is 2.95. The van der Waals surface area contributed by atoms with Crippen LogP contribution in [0.4, 0.5) is 5.69 Å². The molecule has 0 amide bonds. The van der Waals surface area contributed by atoms with Crippen molar-refractivity contribution in [2.24, 2.45) is 7.05 Å². The fourth-order valence-corrected chi connectivity index (χ4v) is 4.17. The highest BCUT2D eigenvalue weighted by Crippen LogP contribution is 2.43. The second-order valence-corrected chi connectivity index (χ2v) is 7.98. The molecule has 1 aromatic carbocycles. The molecule has 1 aliphatic carbocycles. The zero-order valence-corrected chi connectivity index (χ0v) is 14.4. The van der Waals surface area contributed by atoms with Crippen molar-refractivity contribution in [3.8, 4) is 0 Å². The highest BCUT2D eigenvalue weighted by atomic mass is 35.5. The maximum atomic E-state index is 12.6. The lowest BCUT2D eigenvalue weighted by Crippen LogP contribution is -2.14. The molecular formula is C14H15Cl2N3O2S. The van der Waals surface area contributed by atoms with E-state index >= 15 is 0 Å². The lowest BCUT2D eigenvalue weighted by Gasteiger charge is -2.11. The average molecular weight is 360 g/mol. The number of aromatic nitrogens is 2. The van der Waals surface area contributed by atoms with E-state index in [2.05, 4.69) is 9.82 Å². The van der Waals surface area contributed by atoms with E-state index < -0.39 is 10.0 Å². The van der Waals surface area contributed by atoms with E-state index in [4.69, 9.17) is 23.2 Å². The number of benzene rings is 1. The molecule has 0 atom stereocenters. The highest BCUT2D eigenvalue weighted by Gasteiger charge is 2.31. The molecule has 0 bridgehead atoms. The summed E-state index contributed by atoms with van der Waals surface area (Å²) in [4.78, 5) is 0.0154. The molecular weight excluding hydrogens is 345 g/mol. The van der Waals surface area contributed by atoms with E-state index in [1.54, 1.807) is 24.9 Å². The Balaban J connectivity index is 1.99. The van der Waals surface area contributed by atoms with Crippen molar-refractivity contribution in [1.82, 2.24) is 9.78 Å². The average Bonchev–Trinajstić information content (AvgIpc) is 3.18. The molecule has 0 aliphatic heterocycles. The Morgan fingerprint density at radius 3 is 2.59 bits per heavy atom. The van der Waals surface area contributed by atoms with Crippen LogP contribution in [0, 0.1) is 6.92 Å². The summed E-state index contributed by atoms with van der Waals surface area (Å²) in [5.41, 5.74) is 1.95. The molecule has 1 N–H and O–H groups in total. The molecule has 2 aromatic rings. The predicted molar refractivity (Wildman–Crippen MR) is 87.2 cm³/mol. The van der Waals surface area contributed by atoms with Crippen LogP contribution >= 0.6 is 23.2 Å². The number of hydrogen-bond donors (Lipinski definition) is 1. The van der Waals surface area contributed by atoms with E-state index in [1.807, 2.05) is 0 Å². The predicted octanol–water partition coefficient (Wildman–Crippen LogP) is 3.71. The maximum Gasteiger partial charge on any atom is 0.263 e. The first kappa shape index (κ1) is 15.6. The van der Waals surface area contributed by atoms with Crippen molar-refractivity contribution >= 4 is 38.9 Å². The number of aryl methyl sites for hydroxylation is 2. The van der Waals surface area contributed by atoms with Crippen molar-refractivity contribution < 1.29 is 8.42 Å². The standard InChI is InChI=1S/C14H15Cl2N3O2S/c1-8-5-13(11(16)6-10(8)15)22(20,21)18-12-7-19(2)17-14(12)9-3-4-9/h5-7,9,18H,3-4H2,1-2H3. The third-order valence-electron chi connectivity index (χ3n) is 3.57. The van der Waals surface area contributed by atoms with E-state index in [0.29, 0.717) is 22.2 Å². The van der Waals surface area contributed by atoms with Crippen LogP contribution in [0.3, 0.4) is 0 Å². The number of anilines is 1. The van der Waals surface area contributed by atoms with Gasteiger partial charge in [-0.25, -0.2) is 8.42 Å². The molecule has 0 spiro atoms. The number of nitrogens with one attached hydrogen (secondary N) is 1. The van der Waals surface area contributed by atoms with E-state index in [9.17, 15) is 8.42 Å². The Morgan fingerprint density at radius 1 is 1.27 bits per heavy atom. The molecule has 0 radical (unpaired) electrons. The summed E-state index contributed by atoms with van der Waals surface area (Å²) in [6, 6.07) is 2.91. The molecule has 22 heavy (non-hydrogen) atoms. The fraction of sp³-hybridized carbons (Fsp3) is 0.357. The second-order valence-electron chi connectivity index (χ2n) is 5.51. The van der Waals surface area contributed by atoms with Crippen LogP contribution in [0.1, 0.15) is 30.0 Å². The minimum Gasteiger partial charge on any atom is -0.276 e. The van der Waals surface area contributed by atoms with E-state index in [-0.39, 0.29) is 9.92 Å². The Morgan fingerprint density at radius 2 is 1.95 bits per heavy atom. The molecule has 118 valence electrons. The molecule has 3 rings (SSSR count). The molecule has 1 saturated carbocycles. The smallest absolute Gasteiger partial charge is 0.263 e. The SMILES string of the molecule is Cc1cc(S(=O)(=O)Nc2cn(C)nc2C2CC2)c(Cl)cc1Cl. The molecule has 0 unspecified atom stereocenters. The summed E-state index contributed by atoms with van der Waals surface area (Å²) in [6.07, 6.45) is 3.74. The lowest BCUT2D eigenvalue weighted by atomic mass is 10.2. The van der Waals surface area contributed by atoms with Gasteiger partial charge in [-0.2, -0.15) is 5.10 Å². The zero-order chi connectivity index (χ0) is 16.1. The number of nitrogens with zero attached hydrogens (tertiary/aromatic N) is 2. The molecule has 0 saturated heterocycles. The number of sulfonamides is 1. The first-order valence-corrected chi connectivity index (χ1v) is 9.04. The summed E-state index contributed by atoms with van der Waals surface area (Å²) >= 11 is 12.0. The van der Waals surface area contributed by atoms with Crippen LogP contribution in [0.5, 0.6) is 0 Å². The maximum absolute atomic E-state index is 12.6. The van der Waals surface area contributed by atoms with Crippen molar-refractivity contribution in [2.75, 3.05) is 4.72 Å². The first-order chi connectivity index (χ1) is 10.3. The number of hydrogen-bond acceptors (Lipinski definition) is 3. The van der Waals surface area contributed by atoms with Gasteiger partial charge in [0.2, 0.25) is 0 Å². The Kier molecular flexibility index (Phi) is 3.87. The summed E-state index contributed by atoms with van der Waals surface area (Å²) in [6.45, 7) is 1.73. The monoisotopic (exact) mass is 359 g/mol. The van der Waals surface area contributed by atoms with Gasteiger partial charge in [-0.05, 0) is 37.5 Å². The minimum atomic E-state index is -3.79. The van der Waals surface area contributed by atoms with Crippen LogP contribution in [-0.4, -0.2) is 18.2 Å². The zero-order valence-electron chi connectivity index (χ0n) is 12.1. The van der Waals surface area contributed by atoms with Crippen LogP contribution < -0.4 is 4.72 Å². The van der Waals surface area contributed by atoms with Gasteiger partial charge in [-0.3, -0.25) is 9.40 Å². The summed E-state index contributed by atoms with van der Waals surface area (Å²) in [7, 11) is -2.03. The molecule has 1 aromatic heterocycles. The molecule has 1 fully saturated rings. The Hall–Kier alpha value is -1.24. The second kappa shape index (κ2) is 5.44.